The maximum Gasteiger partial charge on any atom is 0.145 e. The number of hydrogen-bond acceptors (Lipinski definition) is 2. The second-order valence-corrected chi connectivity index (χ2v) is 18.4. The maximum atomic E-state index is 5.15. The minimum Gasteiger partial charge on any atom is -0.292 e. The Hall–Kier alpha value is -9.12. The van der Waals surface area contributed by atoms with E-state index in [4.69, 9.17) is 9.97 Å². The molecule has 330 valence electrons. The van der Waals surface area contributed by atoms with E-state index in [1.807, 2.05) is 0 Å². The van der Waals surface area contributed by atoms with Crippen LogP contribution in [-0.4, -0.2) is 19.1 Å². The van der Waals surface area contributed by atoms with Gasteiger partial charge in [-0.15, -0.1) is 0 Å². The summed E-state index contributed by atoms with van der Waals surface area (Å²) in [5.74, 6) is 1.87. The van der Waals surface area contributed by atoms with E-state index >= 15 is 0 Å². The van der Waals surface area contributed by atoms with Crippen LogP contribution < -0.4 is 0 Å². The summed E-state index contributed by atoms with van der Waals surface area (Å²) in [6.45, 7) is 4.25. The molecule has 13 rings (SSSR count). The van der Waals surface area contributed by atoms with Crippen molar-refractivity contribution in [2.24, 2.45) is 0 Å². The number of fused-ring (bicyclic) bond motifs is 4. The van der Waals surface area contributed by atoms with E-state index in [1.54, 1.807) is 0 Å². The SMILES string of the molecule is Cc1ccc2c(c1)nc(-c1ccccc1)n2-c1ccc(-c2ccc3c(-c4ccccc4)c4cc(-c5ccc(-n6c(-c7ccccc7)nc7cc(C)ccc76)cc5)ccc4c(-c4ccccc4)c3c2)cc1. The quantitative estimate of drug-likeness (QED) is 0.143. The first kappa shape index (κ1) is 41.1. The molecular formula is C66H46N4. The van der Waals surface area contributed by atoms with Gasteiger partial charge in [0.25, 0.3) is 0 Å². The van der Waals surface area contributed by atoms with E-state index < -0.39 is 0 Å². The smallest absolute Gasteiger partial charge is 0.145 e. The van der Waals surface area contributed by atoms with Gasteiger partial charge in [-0.25, -0.2) is 9.97 Å². The van der Waals surface area contributed by atoms with Crippen molar-refractivity contribution in [1.82, 2.24) is 19.1 Å². The molecule has 2 heterocycles. The van der Waals surface area contributed by atoms with Gasteiger partial charge in [-0.05, 0) is 152 Å². The van der Waals surface area contributed by atoms with Crippen LogP contribution in [0.2, 0.25) is 0 Å². The monoisotopic (exact) mass is 894 g/mol. The molecule has 0 aliphatic heterocycles. The first-order chi connectivity index (χ1) is 34.5. The van der Waals surface area contributed by atoms with Crippen molar-refractivity contribution in [3.05, 3.63) is 254 Å². The van der Waals surface area contributed by atoms with Crippen LogP contribution in [0.5, 0.6) is 0 Å². The summed E-state index contributed by atoms with van der Waals surface area (Å²) < 4.78 is 4.57. The molecule has 11 aromatic carbocycles. The lowest BCUT2D eigenvalue weighted by Gasteiger charge is -2.20. The molecule has 0 fully saturated rings. The van der Waals surface area contributed by atoms with E-state index in [-0.39, 0.29) is 0 Å². The number of aromatic nitrogens is 4. The van der Waals surface area contributed by atoms with Gasteiger partial charge in [0.15, 0.2) is 0 Å². The van der Waals surface area contributed by atoms with Gasteiger partial charge in [-0.3, -0.25) is 9.13 Å². The van der Waals surface area contributed by atoms with Crippen LogP contribution in [0.4, 0.5) is 0 Å². The van der Waals surface area contributed by atoms with Crippen LogP contribution in [-0.2, 0) is 0 Å². The molecule has 70 heavy (non-hydrogen) atoms. The molecule has 2 aromatic heterocycles. The predicted octanol–water partition coefficient (Wildman–Crippen LogP) is 17.3. The number of hydrogen-bond donors (Lipinski definition) is 0. The van der Waals surface area contributed by atoms with E-state index in [1.165, 1.54) is 54.9 Å². The molecule has 0 aliphatic rings. The topological polar surface area (TPSA) is 35.6 Å². The minimum absolute atomic E-state index is 0.934. The van der Waals surface area contributed by atoms with Gasteiger partial charge in [-0.1, -0.05) is 182 Å². The Labute approximate surface area is 407 Å². The third-order valence-electron chi connectivity index (χ3n) is 13.8. The second-order valence-electron chi connectivity index (χ2n) is 18.4. The highest BCUT2D eigenvalue weighted by Crippen LogP contribution is 2.46. The highest BCUT2D eigenvalue weighted by Gasteiger charge is 2.21. The summed E-state index contributed by atoms with van der Waals surface area (Å²) in [6.07, 6.45) is 0. The van der Waals surface area contributed by atoms with Crippen molar-refractivity contribution in [1.29, 1.82) is 0 Å². The van der Waals surface area contributed by atoms with Gasteiger partial charge in [-0.2, -0.15) is 0 Å². The molecule has 0 N–H and O–H groups in total. The molecule has 0 amide bonds. The van der Waals surface area contributed by atoms with Gasteiger partial charge in [0.05, 0.1) is 22.1 Å². The number of aryl methyl sites for hydroxylation is 2. The van der Waals surface area contributed by atoms with Gasteiger partial charge in [0.2, 0.25) is 0 Å². The highest BCUT2D eigenvalue weighted by molar-refractivity contribution is 6.22. The van der Waals surface area contributed by atoms with E-state index in [2.05, 4.69) is 266 Å². The molecule has 0 aliphatic carbocycles. The lowest BCUT2D eigenvalue weighted by molar-refractivity contribution is 1.10. The van der Waals surface area contributed by atoms with Crippen molar-refractivity contribution in [3.8, 4) is 78.7 Å². The zero-order valence-electron chi connectivity index (χ0n) is 38.9. The Kier molecular flexibility index (Phi) is 9.91. The maximum absolute atomic E-state index is 5.15. The van der Waals surface area contributed by atoms with E-state index in [0.717, 1.165) is 78.5 Å². The van der Waals surface area contributed by atoms with Crippen molar-refractivity contribution < 1.29 is 0 Å². The van der Waals surface area contributed by atoms with Crippen LogP contribution >= 0.6 is 0 Å². The Morgan fingerprint density at radius 3 is 0.986 bits per heavy atom. The normalized spacial score (nSPS) is 11.6. The molecule has 0 saturated carbocycles. The average molecular weight is 895 g/mol. The zero-order valence-corrected chi connectivity index (χ0v) is 38.9. The third kappa shape index (κ3) is 7.08. The lowest BCUT2D eigenvalue weighted by atomic mass is 9.84. The van der Waals surface area contributed by atoms with Crippen molar-refractivity contribution >= 4 is 43.6 Å². The van der Waals surface area contributed by atoms with Gasteiger partial charge < -0.3 is 0 Å². The summed E-state index contributed by atoms with van der Waals surface area (Å²) in [7, 11) is 0. The molecule has 0 saturated heterocycles. The zero-order chi connectivity index (χ0) is 46.7. The van der Waals surface area contributed by atoms with Crippen molar-refractivity contribution in [2.75, 3.05) is 0 Å². The summed E-state index contributed by atoms with van der Waals surface area (Å²) in [5.41, 5.74) is 20.3. The number of imidazole rings is 2. The van der Waals surface area contributed by atoms with Crippen LogP contribution in [0.3, 0.4) is 0 Å². The van der Waals surface area contributed by atoms with Gasteiger partial charge in [0, 0.05) is 22.5 Å². The largest absolute Gasteiger partial charge is 0.292 e. The summed E-state index contributed by atoms with van der Waals surface area (Å²) in [6, 6.07) is 87.8. The van der Waals surface area contributed by atoms with Crippen LogP contribution in [0, 0.1) is 13.8 Å². The standard InChI is InChI=1S/C66H46N4/c1-43-23-37-61-59(39-43)67-65(49-19-11-5-12-20-49)69(61)53-31-25-45(26-32-53)51-29-35-55-57(41-51)63(47-15-7-3-8-16-47)56-36-30-52(42-58(56)64(55)48-17-9-4-10-18-48)46-27-33-54(34-28-46)70-62-38-24-44(2)40-60(62)68-66(70)50-21-13-6-14-22-50/h3-42H,1-2H3. The predicted molar refractivity (Wildman–Crippen MR) is 293 cm³/mol. The fourth-order valence-electron chi connectivity index (χ4n) is 10.5. The molecule has 13 aromatic rings. The van der Waals surface area contributed by atoms with Gasteiger partial charge in [0.1, 0.15) is 11.6 Å². The fourth-order valence-corrected chi connectivity index (χ4v) is 10.5. The molecule has 0 bridgehead atoms. The summed E-state index contributed by atoms with van der Waals surface area (Å²) in [4.78, 5) is 10.3. The minimum atomic E-state index is 0.934. The van der Waals surface area contributed by atoms with Crippen molar-refractivity contribution in [3.63, 3.8) is 0 Å². The highest BCUT2D eigenvalue weighted by atomic mass is 15.1. The van der Waals surface area contributed by atoms with E-state index in [0.29, 0.717) is 0 Å². The first-order valence-corrected chi connectivity index (χ1v) is 24.0. The molecule has 0 atom stereocenters. The number of nitrogens with zero attached hydrogens (tertiary/aromatic N) is 4. The van der Waals surface area contributed by atoms with Crippen molar-refractivity contribution in [2.45, 2.75) is 13.8 Å². The third-order valence-corrected chi connectivity index (χ3v) is 13.8. The second kappa shape index (κ2) is 16.9. The molecule has 0 spiro atoms. The van der Waals surface area contributed by atoms with Gasteiger partial charge >= 0.3 is 0 Å². The molecule has 0 radical (unpaired) electrons. The summed E-state index contributed by atoms with van der Waals surface area (Å²) in [5, 5.41) is 4.87. The molecule has 0 unspecified atom stereocenters. The lowest BCUT2D eigenvalue weighted by Crippen LogP contribution is -1.98. The number of rotatable bonds is 8. The Bertz CT molecular complexity index is 3810. The Balaban J connectivity index is 0.952. The van der Waals surface area contributed by atoms with Crippen LogP contribution in [0.15, 0.2) is 243 Å². The first-order valence-electron chi connectivity index (χ1n) is 24.0. The Morgan fingerprint density at radius 1 is 0.271 bits per heavy atom. The number of benzene rings is 11. The van der Waals surface area contributed by atoms with Crippen LogP contribution in [0.1, 0.15) is 11.1 Å². The summed E-state index contributed by atoms with van der Waals surface area (Å²) >= 11 is 0. The average Bonchev–Trinajstić information content (AvgIpc) is 3.99. The van der Waals surface area contributed by atoms with Crippen LogP contribution in [0.25, 0.3) is 122 Å². The molecular weight excluding hydrogens is 849 g/mol. The molecule has 4 nitrogen and oxygen atoms in total. The fraction of sp³-hybridized carbons (Fsp3) is 0.0303. The van der Waals surface area contributed by atoms with E-state index in [9.17, 15) is 0 Å². The Morgan fingerprint density at radius 2 is 0.614 bits per heavy atom. The molecule has 4 heteroatoms.